The maximum Gasteiger partial charge on any atom is 0.236 e. The molecule has 7 heteroatoms. The molecule has 2 saturated heterocycles. The van der Waals surface area contributed by atoms with Crippen LogP contribution in [0.5, 0.6) is 0 Å². The Hall–Kier alpha value is -2.69. The molecule has 0 spiro atoms. The van der Waals surface area contributed by atoms with Gasteiger partial charge in [-0.2, -0.15) is 5.26 Å². The van der Waals surface area contributed by atoms with Crippen LogP contribution in [-0.4, -0.2) is 79.7 Å². The number of carbonyl (C=O) groups is 1. The summed E-state index contributed by atoms with van der Waals surface area (Å²) in [5.74, 6) is 0.177. The number of rotatable bonds is 3. The molecule has 0 N–H and O–H groups in total. The molecule has 2 fully saturated rings. The quantitative estimate of drug-likeness (QED) is 0.811. The van der Waals surface area contributed by atoms with Crippen molar-refractivity contribution in [3.8, 4) is 6.07 Å². The number of piperazine rings is 1. The van der Waals surface area contributed by atoms with Gasteiger partial charge < -0.3 is 14.5 Å². The van der Waals surface area contributed by atoms with Crippen molar-refractivity contribution in [3.05, 3.63) is 36.0 Å². The van der Waals surface area contributed by atoms with Crippen molar-refractivity contribution in [2.24, 2.45) is 0 Å². The fourth-order valence-electron chi connectivity index (χ4n) is 3.78. The number of nitrogens with zero attached hydrogens (tertiary/aromatic N) is 5. The molecule has 27 heavy (non-hydrogen) atoms. The topological polar surface area (TPSA) is 72.7 Å². The van der Waals surface area contributed by atoms with E-state index in [4.69, 9.17) is 4.74 Å². The first kappa shape index (κ1) is 17.7. The summed E-state index contributed by atoms with van der Waals surface area (Å²) in [6, 6.07) is 10.2. The van der Waals surface area contributed by atoms with Crippen LogP contribution in [0, 0.1) is 11.3 Å². The maximum atomic E-state index is 12.6. The molecular weight excluding hydrogens is 342 g/mol. The van der Waals surface area contributed by atoms with Crippen LogP contribution < -0.4 is 4.90 Å². The van der Waals surface area contributed by atoms with Crippen molar-refractivity contribution in [2.75, 3.05) is 63.9 Å². The molecule has 1 amide bonds. The standard InChI is InChI=1S/C20H23N5O2/c21-13-16-14-22-18-4-2-1-3-17(18)20(16)25-7-5-24(6-8-25)19(26)15-23-9-11-27-12-10-23/h1-4,14H,5-12,15H2. The molecule has 1 aromatic carbocycles. The summed E-state index contributed by atoms with van der Waals surface area (Å²) >= 11 is 0. The maximum absolute atomic E-state index is 12.6. The van der Waals surface area contributed by atoms with E-state index in [1.807, 2.05) is 29.2 Å². The monoisotopic (exact) mass is 365 g/mol. The lowest BCUT2D eigenvalue weighted by Gasteiger charge is -2.38. The van der Waals surface area contributed by atoms with Crippen LogP contribution in [0.2, 0.25) is 0 Å². The molecule has 0 atom stereocenters. The fourth-order valence-corrected chi connectivity index (χ4v) is 3.78. The van der Waals surface area contributed by atoms with E-state index in [2.05, 4.69) is 20.9 Å². The van der Waals surface area contributed by atoms with Gasteiger partial charge >= 0.3 is 0 Å². The molecule has 0 unspecified atom stereocenters. The zero-order chi connectivity index (χ0) is 18.6. The van der Waals surface area contributed by atoms with Crippen LogP contribution in [0.25, 0.3) is 10.9 Å². The summed E-state index contributed by atoms with van der Waals surface area (Å²) in [5.41, 5.74) is 2.41. The lowest BCUT2D eigenvalue weighted by atomic mass is 10.1. The van der Waals surface area contributed by atoms with Crippen molar-refractivity contribution in [3.63, 3.8) is 0 Å². The number of pyridine rings is 1. The van der Waals surface area contributed by atoms with Gasteiger partial charge in [0.15, 0.2) is 0 Å². The number of amides is 1. The lowest BCUT2D eigenvalue weighted by Crippen LogP contribution is -2.52. The summed E-state index contributed by atoms with van der Waals surface area (Å²) < 4.78 is 5.34. The van der Waals surface area contributed by atoms with Crippen LogP contribution in [0.3, 0.4) is 0 Å². The average molecular weight is 365 g/mol. The predicted octanol–water partition coefficient (Wildman–Crippen LogP) is 1.09. The van der Waals surface area contributed by atoms with E-state index in [1.54, 1.807) is 6.20 Å². The molecule has 7 nitrogen and oxygen atoms in total. The highest BCUT2D eigenvalue weighted by molar-refractivity contribution is 5.94. The zero-order valence-electron chi connectivity index (χ0n) is 15.3. The summed E-state index contributed by atoms with van der Waals surface area (Å²) in [7, 11) is 0. The molecule has 0 aliphatic carbocycles. The Kier molecular flexibility index (Phi) is 5.19. The molecule has 0 bridgehead atoms. The third kappa shape index (κ3) is 3.72. The highest BCUT2D eigenvalue weighted by Crippen LogP contribution is 2.30. The molecule has 0 saturated carbocycles. The van der Waals surface area contributed by atoms with Crippen LogP contribution >= 0.6 is 0 Å². The molecule has 3 heterocycles. The average Bonchev–Trinajstić information content (AvgIpc) is 2.73. The molecular formula is C20H23N5O2. The van der Waals surface area contributed by atoms with Gasteiger partial charge in [0.05, 0.1) is 36.5 Å². The van der Waals surface area contributed by atoms with E-state index >= 15 is 0 Å². The Morgan fingerprint density at radius 3 is 2.59 bits per heavy atom. The van der Waals surface area contributed by atoms with E-state index in [-0.39, 0.29) is 5.91 Å². The molecule has 2 aliphatic rings. The number of fused-ring (bicyclic) bond motifs is 1. The van der Waals surface area contributed by atoms with Gasteiger partial charge in [-0.1, -0.05) is 18.2 Å². The summed E-state index contributed by atoms with van der Waals surface area (Å²) in [4.78, 5) is 23.3. The number of anilines is 1. The number of hydrogen-bond donors (Lipinski definition) is 0. The minimum Gasteiger partial charge on any atom is -0.379 e. The second-order valence-electron chi connectivity index (χ2n) is 6.91. The van der Waals surface area contributed by atoms with Gasteiger partial charge in [-0.05, 0) is 6.07 Å². The molecule has 4 rings (SSSR count). The van der Waals surface area contributed by atoms with Crippen LogP contribution in [0.4, 0.5) is 5.69 Å². The van der Waals surface area contributed by atoms with Gasteiger partial charge in [0.1, 0.15) is 6.07 Å². The van der Waals surface area contributed by atoms with E-state index in [0.717, 1.165) is 42.8 Å². The second kappa shape index (κ2) is 7.91. The summed E-state index contributed by atoms with van der Waals surface area (Å²) in [5, 5.41) is 10.5. The number of benzene rings is 1. The Labute approximate surface area is 158 Å². The van der Waals surface area contributed by atoms with Gasteiger partial charge in [0, 0.05) is 50.9 Å². The van der Waals surface area contributed by atoms with Crippen LogP contribution in [0.15, 0.2) is 30.5 Å². The molecule has 140 valence electrons. The Bertz CT molecular complexity index is 864. The van der Waals surface area contributed by atoms with Crippen molar-refractivity contribution < 1.29 is 9.53 Å². The van der Waals surface area contributed by atoms with E-state index in [9.17, 15) is 10.1 Å². The van der Waals surface area contributed by atoms with Gasteiger partial charge in [-0.3, -0.25) is 14.7 Å². The van der Waals surface area contributed by atoms with Crippen LogP contribution in [0.1, 0.15) is 5.56 Å². The number of carbonyl (C=O) groups excluding carboxylic acids is 1. The van der Waals surface area contributed by atoms with Crippen LogP contribution in [-0.2, 0) is 9.53 Å². The lowest BCUT2D eigenvalue weighted by molar-refractivity contribution is -0.133. The molecule has 2 aliphatic heterocycles. The normalized spacial score (nSPS) is 18.5. The number of ether oxygens (including phenoxy) is 1. The van der Waals surface area contributed by atoms with Gasteiger partial charge in [0.25, 0.3) is 0 Å². The Morgan fingerprint density at radius 1 is 1.11 bits per heavy atom. The van der Waals surface area contributed by atoms with Gasteiger partial charge in [-0.25, -0.2) is 0 Å². The van der Waals surface area contributed by atoms with Crippen molar-refractivity contribution in [1.82, 2.24) is 14.8 Å². The highest BCUT2D eigenvalue weighted by atomic mass is 16.5. The molecule has 1 aromatic heterocycles. The van der Waals surface area contributed by atoms with Gasteiger partial charge in [0.2, 0.25) is 5.91 Å². The SMILES string of the molecule is N#Cc1cnc2ccccc2c1N1CCN(C(=O)CN2CCOCC2)CC1. The minimum absolute atomic E-state index is 0.177. The number of morpholine rings is 1. The van der Waals surface area contributed by atoms with E-state index in [0.29, 0.717) is 38.4 Å². The Balaban J connectivity index is 1.46. The predicted molar refractivity (Wildman–Crippen MR) is 103 cm³/mol. The largest absolute Gasteiger partial charge is 0.379 e. The first-order valence-electron chi connectivity index (χ1n) is 9.37. The smallest absolute Gasteiger partial charge is 0.236 e. The number of nitriles is 1. The second-order valence-corrected chi connectivity index (χ2v) is 6.91. The Morgan fingerprint density at radius 2 is 1.85 bits per heavy atom. The number of para-hydroxylation sites is 1. The third-order valence-electron chi connectivity index (χ3n) is 5.28. The van der Waals surface area contributed by atoms with Crippen molar-refractivity contribution in [1.29, 1.82) is 5.26 Å². The summed E-state index contributed by atoms with van der Waals surface area (Å²) in [6.07, 6.45) is 1.65. The van der Waals surface area contributed by atoms with Crippen molar-refractivity contribution in [2.45, 2.75) is 0 Å². The minimum atomic E-state index is 0.177. The molecule has 2 aromatic rings. The third-order valence-corrected chi connectivity index (χ3v) is 5.28. The summed E-state index contributed by atoms with van der Waals surface area (Å²) in [6.45, 7) is 6.29. The highest BCUT2D eigenvalue weighted by Gasteiger charge is 2.25. The molecule has 0 radical (unpaired) electrons. The van der Waals surface area contributed by atoms with Gasteiger partial charge in [-0.15, -0.1) is 0 Å². The van der Waals surface area contributed by atoms with Crippen molar-refractivity contribution >= 4 is 22.5 Å². The zero-order valence-corrected chi connectivity index (χ0v) is 15.3. The number of hydrogen-bond acceptors (Lipinski definition) is 6. The first-order valence-corrected chi connectivity index (χ1v) is 9.37. The number of aromatic nitrogens is 1. The fraction of sp³-hybridized carbons (Fsp3) is 0.450. The van der Waals surface area contributed by atoms with E-state index < -0.39 is 0 Å². The van der Waals surface area contributed by atoms with E-state index in [1.165, 1.54) is 0 Å². The first-order chi connectivity index (χ1) is 13.3.